The van der Waals surface area contributed by atoms with Crippen molar-refractivity contribution in [2.45, 2.75) is 11.8 Å². The maximum atomic E-state index is 11.8. The standard InChI is InChI=1S/C4H2F4O4.2CH5N3/c5-3(6,1(9)10)4(7,8)2(11)12;2*2-1(3)4/h(H,9,10)(H,11,12);2*(H5,2,3,4). The van der Waals surface area contributed by atoms with Crippen LogP contribution in [0, 0.1) is 10.8 Å². The van der Waals surface area contributed by atoms with Gasteiger partial charge >= 0.3 is 23.8 Å². The largest absolute Gasteiger partial charge is 0.477 e. The van der Waals surface area contributed by atoms with E-state index in [1.54, 1.807) is 0 Å². The van der Waals surface area contributed by atoms with E-state index < -0.39 is 23.8 Å². The third-order valence-electron chi connectivity index (χ3n) is 0.932. The minimum absolute atomic E-state index is 0.333. The highest BCUT2D eigenvalue weighted by atomic mass is 19.3. The van der Waals surface area contributed by atoms with Gasteiger partial charge < -0.3 is 33.1 Å². The third kappa shape index (κ3) is 9.25. The van der Waals surface area contributed by atoms with Crippen LogP contribution < -0.4 is 22.9 Å². The van der Waals surface area contributed by atoms with Gasteiger partial charge in [-0.15, -0.1) is 0 Å². The Morgan fingerprint density at radius 3 is 0.900 bits per heavy atom. The monoisotopic (exact) mass is 308 g/mol. The maximum absolute atomic E-state index is 11.8. The lowest BCUT2D eigenvalue weighted by molar-refractivity contribution is -0.231. The van der Waals surface area contributed by atoms with Crippen molar-refractivity contribution in [3.05, 3.63) is 0 Å². The van der Waals surface area contributed by atoms with E-state index >= 15 is 0 Å². The maximum Gasteiger partial charge on any atom is 0.415 e. The fourth-order valence-corrected chi connectivity index (χ4v) is 0.269. The Morgan fingerprint density at radius 2 is 0.850 bits per heavy atom. The molecule has 0 spiro atoms. The van der Waals surface area contributed by atoms with Crippen molar-refractivity contribution in [3.63, 3.8) is 0 Å². The molecule has 0 aromatic carbocycles. The van der Waals surface area contributed by atoms with Crippen LogP contribution in [0.1, 0.15) is 0 Å². The molecule has 14 heteroatoms. The normalized spacial score (nSPS) is 10.0. The molecule has 0 radical (unpaired) electrons. The summed E-state index contributed by atoms with van der Waals surface area (Å²) in [5, 5.41) is 27.2. The Bertz CT molecular complexity index is 344. The molecule has 10 nitrogen and oxygen atoms in total. The molecule has 12 N–H and O–H groups in total. The molecular formula is C6H12F4N6O4. The van der Waals surface area contributed by atoms with Crippen LogP contribution in [0.25, 0.3) is 0 Å². The first kappa shape index (κ1) is 22.4. The molecule has 0 unspecified atom stereocenters. The Morgan fingerprint density at radius 1 is 0.750 bits per heavy atom. The minimum atomic E-state index is -5.60. The van der Waals surface area contributed by atoms with Crippen LogP contribution in [0.5, 0.6) is 0 Å². The average Bonchev–Trinajstić information content (AvgIpc) is 2.14. The lowest BCUT2D eigenvalue weighted by Crippen LogP contribution is -2.52. The van der Waals surface area contributed by atoms with E-state index in [4.69, 9.17) is 21.0 Å². The van der Waals surface area contributed by atoms with E-state index in [-0.39, 0.29) is 11.9 Å². The van der Waals surface area contributed by atoms with Gasteiger partial charge in [-0.3, -0.25) is 10.8 Å². The SMILES string of the molecule is N=C(N)N.N=C(N)N.O=C(O)C(F)(F)C(F)(F)C(=O)O. The van der Waals surface area contributed by atoms with E-state index in [0.717, 1.165) is 0 Å². The highest BCUT2D eigenvalue weighted by Gasteiger charge is 2.68. The minimum Gasteiger partial charge on any atom is -0.477 e. The van der Waals surface area contributed by atoms with Crippen LogP contribution in [0.4, 0.5) is 17.6 Å². The summed E-state index contributed by atoms with van der Waals surface area (Å²) in [5.41, 5.74) is 17.9. The molecule has 0 aliphatic heterocycles. The molecular weight excluding hydrogens is 296 g/mol. The first-order valence-electron chi connectivity index (χ1n) is 4.02. The van der Waals surface area contributed by atoms with Gasteiger partial charge in [0.2, 0.25) is 0 Å². The lowest BCUT2D eigenvalue weighted by atomic mass is 10.2. The molecule has 0 amide bonds. The molecule has 0 rings (SSSR count). The summed E-state index contributed by atoms with van der Waals surface area (Å²) in [4.78, 5) is 19.0. The van der Waals surface area contributed by atoms with E-state index in [1.165, 1.54) is 0 Å². The predicted octanol–water partition coefficient (Wildman–Crippen LogP) is -1.90. The lowest BCUT2D eigenvalue weighted by Gasteiger charge is -2.17. The van der Waals surface area contributed by atoms with Crippen LogP contribution in [-0.4, -0.2) is 45.9 Å². The van der Waals surface area contributed by atoms with Crippen LogP contribution in [-0.2, 0) is 9.59 Å². The number of carbonyl (C=O) groups is 2. The quantitative estimate of drug-likeness (QED) is 0.166. The fraction of sp³-hybridized carbons (Fsp3) is 0.333. The number of alkyl halides is 4. The first-order chi connectivity index (χ1) is 8.60. The number of carboxylic acid groups (broad SMARTS) is 2. The molecule has 0 heterocycles. The molecule has 0 aliphatic rings. The predicted molar refractivity (Wildman–Crippen MR) is 57.4 cm³/mol. The zero-order valence-electron chi connectivity index (χ0n) is 9.53. The molecule has 0 saturated carbocycles. The van der Waals surface area contributed by atoms with Gasteiger partial charge in [-0.05, 0) is 0 Å². The van der Waals surface area contributed by atoms with Gasteiger partial charge in [0.15, 0.2) is 11.9 Å². The van der Waals surface area contributed by atoms with Crippen molar-refractivity contribution in [3.8, 4) is 0 Å². The van der Waals surface area contributed by atoms with Crippen molar-refractivity contribution < 1.29 is 37.4 Å². The van der Waals surface area contributed by atoms with Crippen LogP contribution >= 0.6 is 0 Å². The second-order valence-electron chi connectivity index (χ2n) is 2.67. The molecule has 0 fully saturated rings. The molecule has 0 atom stereocenters. The Balaban J connectivity index is -0.000000297. The number of nitrogens with two attached hydrogens (primary N) is 4. The highest BCUT2D eigenvalue weighted by Crippen LogP contribution is 2.34. The molecule has 0 aliphatic carbocycles. The smallest absolute Gasteiger partial charge is 0.415 e. The number of hydrogen-bond donors (Lipinski definition) is 8. The first-order valence-corrected chi connectivity index (χ1v) is 4.02. The number of rotatable bonds is 3. The summed E-state index contributed by atoms with van der Waals surface area (Å²) in [6.45, 7) is 0. The summed E-state index contributed by atoms with van der Waals surface area (Å²) in [7, 11) is 0. The van der Waals surface area contributed by atoms with Crippen molar-refractivity contribution in [1.29, 1.82) is 10.8 Å². The van der Waals surface area contributed by atoms with Gasteiger partial charge in [-0.25, -0.2) is 9.59 Å². The Kier molecular flexibility index (Phi) is 9.32. The molecule has 20 heavy (non-hydrogen) atoms. The summed E-state index contributed by atoms with van der Waals surface area (Å²) in [5.74, 6) is -18.2. The number of aliphatic carboxylic acids is 2. The second-order valence-corrected chi connectivity index (χ2v) is 2.67. The highest BCUT2D eigenvalue weighted by molar-refractivity contribution is 5.88. The van der Waals surface area contributed by atoms with Gasteiger partial charge in [-0.2, -0.15) is 17.6 Å². The van der Waals surface area contributed by atoms with Gasteiger partial charge in [-0.1, -0.05) is 0 Å². The fourth-order valence-electron chi connectivity index (χ4n) is 0.269. The summed E-state index contributed by atoms with van der Waals surface area (Å²) >= 11 is 0. The second kappa shape index (κ2) is 8.33. The molecule has 0 aromatic heterocycles. The number of halogens is 4. The zero-order chi connectivity index (χ0) is 17.3. The van der Waals surface area contributed by atoms with Gasteiger partial charge in [0.1, 0.15) is 0 Å². The van der Waals surface area contributed by atoms with E-state index in [9.17, 15) is 27.2 Å². The van der Waals surface area contributed by atoms with Crippen LogP contribution in [0.15, 0.2) is 0 Å². The molecule has 0 saturated heterocycles. The van der Waals surface area contributed by atoms with Crippen LogP contribution in [0.3, 0.4) is 0 Å². The Hall–Kier alpha value is -2.80. The summed E-state index contributed by atoms with van der Waals surface area (Å²) in [6, 6.07) is 0. The number of hydrogen-bond acceptors (Lipinski definition) is 4. The molecule has 0 bridgehead atoms. The van der Waals surface area contributed by atoms with Crippen molar-refractivity contribution >= 4 is 23.9 Å². The number of carboxylic acids is 2. The van der Waals surface area contributed by atoms with Crippen LogP contribution in [0.2, 0.25) is 0 Å². The number of guanidine groups is 2. The molecule has 0 aromatic rings. The van der Waals surface area contributed by atoms with Gasteiger partial charge in [0.05, 0.1) is 0 Å². The number of nitrogens with one attached hydrogen (secondary N) is 2. The Labute approximate surface area is 108 Å². The summed E-state index contributed by atoms with van der Waals surface area (Å²) < 4.78 is 47.4. The van der Waals surface area contributed by atoms with Crippen molar-refractivity contribution in [2.24, 2.45) is 22.9 Å². The summed E-state index contributed by atoms with van der Waals surface area (Å²) in [6.07, 6.45) is 0. The van der Waals surface area contributed by atoms with Crippen molar-refractivity contribution in [1.82, 2.24) is 0 Å². The molecule has 118 valence electrons. The average molecular weight is 308 g/mol. The van der Waals surface area contributed by atoms with E-state index in [2.05, 4.69) is 22.9 Å². The van der Waals surface area contributed by atoms with E-state index in [0.29, 0.717) is 0 Å². The van der Waals surface area contributed by atoms with Gasteiger partial charge in [0.25, 0.3) is 0 Å². The van der Waals surface area contributed by atoms with Gasteiger partial charge in [0, 0.05) is 0 Å². The zero-order valence-corrected chi connectivity index (χ0v) is 9.53. The van der Waals surface area contributed by atoms with E-state index in [1.807, 2.05) is 0 Å². The van der Waals surface area contributed by atoms with Crippen molar-refractivity contribution in [2.75, 3.05) is 0 Å². The topological polar surface area (TPSA) is 226 Å². The third-order valence-corrected chi connectivity index (χ3v) is 0.932.